The molecule has 0 aliphatic heterocycles. The first-order chi connectivity index (χ1) is 9.31. The lowest BCUT2D eigenvalue weighted by atomic mass is 10.1. The number of aliphatic hydroxyl groups excluding tert-OH is 1. The third-order valence-electron chi connectivity index (χ3n) is 2.16. The van der Waals surface area contributed by atoms with Gasteiger partial charge in [0.2, 0.25) is 0 Å². The number of carbonyl (C=O) groups excluding carboxylic acids is 1. The van der Waals surface area contributed by atoms with Crippen LogP contribution in [0.15, 0.2) is 18.5 Å². The number of tetrazole rings is 1. The van der Waals surface area contributed by atoms with Gasteiger partial charge in [0.05, 0.1) is 17.7 Å². The zero-order chi connectivity index (χ0) is 13.5. The topological polar surface area (TPSA) is 117 Å². The van der Waals surface area contributed by atoms with E-state index in [9.17, 15) is 4.79 Å². The molecule has 0 spiro atoms. The minimum Gasteiger partial charge on any atom is -0.384 e. The number of H-pyrrole nitrogens is 1. The molecule has 3 N–H and O–H groups in total. The zero-order valence-electron chi connectivity index (χ0n) is 9.79. The summed E-state index contributed by atoms with van der Waals surface area (Å²) in [5.41, 5.74) is 0.821. The number of amides is 1. The molecule has 8 heteroatoms. The Hall–Kier alpha value is -2.79. The molecule has 0 unspecified atom stereocenters. The van der Waals surface area contributed by atoms with Crippen LogP contribution in [0, 0.1) is 11.8 Å². The fourth-order valence-electron chi connectivity index (χ4n) is 1.34. The van der Waals surface area contributed by atoms with Gasteiger partial charge in [0.25, 0.3) is 5.91 Å². The lowest BCUT2D eigenvalue weighted by Gasteiger charge is -2.04. The van der Waals surface area contributed by atoms with E-state index in [4.69, 9.17) is 5.11 Å². The number of carbonyl (C=O) groups is 1. The van der Waals surface area contributed by atoms with Crippen molar-refractivity contribution in [3.8, 4) is 11.8 Å². The molecule has 0 aliphatic carbocycles. The van der Waals surface area contributed by atoms with Crippen molar-refractivity contribution in [2.75, 3.05) is 6.61 Å². The van der Waals surface area contributed by atoms with Crippen molar-refractivity contribution in [3.05, 3.63) is 35.4 Å². The Morgan fingerprint density at radius 3 is 3.16 bits per heavy atom. The molecular weight excluding hydrogens is 248 g/mol. The van der Waals surface area contributed by atoms with Gasteiger partial charge in [-0.15, -0.1) is 10.2 Å². The standard InChI is InChI=1S/C11H10N6O2/c18-5-1-2-8-6-12-4-3-9(8)11(19)13-7-10-14-16-17-15-10/h3-4,6,18H,5,7H2,(H,13,19)(H,14,15,16,17). The maximum atomic E-state index is 12.0. The number of aromatic nitrogens is 5. The average molecular weight is 258 g/mol. The van der Waals surface area contributed by atoms with Gasteiger partial charge in [-0.2, -0.15) is 5.21 Å². The van der Waals surface area contributed by atoms with Crippen LogP contribution in [0.3, 0.4) is 0 Å². The SMILES string of the molecule is O=C(NCc1nn[nH]n1)c1ccncc1C#CCO. The summed E-state index contributed by atoms with van der Waals surface area (Å²) >= 11 is 0. The van der Waals surface area contributed by atoms with Gasteiger partial charge in [-0.25, -0.2) is 0 Å². The van der Waals surface area contributed by atoms with Crippen LogP contribution in [0.1, 0.15) is 21.7 Å². The van der Waals surface area contributed by atoms with E-state index in [0.29, 0.717) is 17.0 Å². The Labute approximate surface area is 108 Å². The monoisotopic (exact) mass is 258 g/mol. The van der Waals surface area contributed by atoms with Crippen molar-refractivity contribution in [1.29, 1.82) is 0 Å². The van der Waals surface area contributed by atoms with E-state index < -0.39 is 0 Å². The summed E-state index contributed by atoms with van der Waals surface area (Å²) in [5.74, 6) is 5.19. The second-order valence-electron chi connectivity index (χ2n) is 3.39. The van der Waals surface area contributed by atoms with Gasteiger partial charge in [-0.05, 0) is 6.07 Å². The first kappa shape index (κ1) is 12.7. The van der Waals surface area contributed by atoms with Gasteiger partial charge in [0.15, 0.2) is 5.82 Å². The second-order valence-corrected chi connectivity index (χ2v) is 3.39. The minimum absolute atomic E-state index is 0.157. The van der Waals surface area contributed by atoms with Crippen LogP contribution in [0.25, 0.3) is 0 Å². The van der Waals surface area contributed by atoms with Gasteiger partial charge in [0.1, 0.15) is 6.61 Å². The molecule has 0 aromatic carbocycles. The Morgan fingerprint density at radius 2 is 2.42 bits per heavy atom. The molecule has 0 radical (unpaired) electrons. The van der Waals surface area contributed by atoms with Gasteiger partial charge >= 0.3 is 0 Å². The van der Waals surface area contributed by atoms with E-state index in [1.807, 2.05) is 0 Å². The van der Waals surface area contributed by atoms with Crippen LogP contribution in [0.4, 0.5) is 0 Å². The van der Waals surface area contributed by atoms with Crippen molar-refractivity contribution >= 4 is 5.91 Å². The van der Waals surface area contributed by atoms with Crippen molar-refractivity contribution in [3.63, 3.8) is 0 Å². The van der Waals surface area contributed by atoms with E-state index in [1.165, 1.54) is 12.4 Å². The molecule has 1 amide bonds. The van der Waals surface area contributed by atoms with E-state index in [-0.39, 0.29) is 19.1 Å². The van der Waals surface area contributed by atoms with Crippen LogP contribution in [-0.2, 0) is 6.54 Å². The first-order valence-corrected chi connectivity index (χ1v) is 5.35. The number of aromatic amines is 1. The summed E-state index contributed by atoms with van der Waals surface area (Å²) < 4.78 is 0. The van der Waals surface area contributed by atoms with E-state index >= 15 is 0 Å². The van der Waals surface area contributed by atoms with E-state index in [0.717, 1.165) is 0 Å². The molecule has 2 aromatic heterocycles. The predicted octanol–water partition coefficient (Wildman–Crippen LogP) is -1.13. The molecule has 2 heterocycles. The largest absolute Gasteiger partial charge is 0.384 e. The van der Waals surface area contributed by atoms with E-state index in [1.54, 1.807) is 6.07 Å². The number of aliphatic hydroxyl groups is 1. The first-order valence-electron chi connectivity index (χ1n) is 5.35. The summed E-state index contributed by atoms with van der Waals surface area (Å²) in [4.78, 5) is 15.9. The number of nitrogens with one attached hydrogen (secondary N) is 2. The smallest absolute Gasteiger partial charge is 0.253 e. The highest BCUT2D eigenvalue weighted by Crippen LogP contribution is 2.05. The highest BCUT2D eigenvalue weighted by Gasteiger charge is 2.10. The molecule has 2 rings (SSSR count). The quantitative estimate of drug-likeness (QED) is 0.600. The Morgan fingerprint density at radius 1 is 1.53 bits per heavy atom. The highest BCUT2D eigenvalue weighted by molar-refractivity contribution is 5.96. The lowest BCUT2D eigenvalue weighted by molar-refractivity contribution is 0.0949. The third-order valence-corrected chi connectivity index (χ3v) is 2.16. The third kappa shape index (κ3) is 3.34. The van der Waals surface area contributed by atoms with Crippen LogP contribution < -0.4 is 5.32 Å². The Kier molecular flexibility index (Phi) is 4.15. The average Bonchev–Trinajstić information content (AvgIpc) is 2.96. The van der Waals surface area contributed by atoms with Gasteiger partial charge in [-0.3, -0.25) is 9.78 Å². The summed E-state index contributed by atoms with van der Waals surface area (Å²) in [6.45, 7) is -0.122. The predicted molar refractivity (Wildman–Crippen MR) is 63.5 cm³/mol. The van der Waals surface area contributed by atoms with E-state index in [2.05, 4.69) is 42.8 Å². The van der Waals surface area contributed by atoms with Crippen LogP contribution in [0.5, 0.6) is 0 Å². The maximum Gasteiger partial charge on any atom is 0.253 e. The number of hydrogen-bond acceptors (Lipinski definition) is 6. The molecule has 0 saturated carbocycles. The summed E-state index contributed by atoms with van der Waals surface area (Å²) in [6, 6.07) is 1.55. The minimum atomic E-state index is -0.325. The number of rotatable bonds is 3. The van der Waals surface area contributed by atoms with Crippen LogP contribution in [-0.4, -0.2) is 43.2 Å². The summed E-state index contributed by atoms with van der Waals surface area (Å²) in [7, 11) is 0. The van der Waals surface area contributed by atoms with Gasteiger partial charge < -0.3 is 10.4 Å². The van der Waals surface area contributed by atoms with Crippen LogP contribution >= 0.6 is 0 Å². The number of pyridine rings is 1. The van der Waals surface area contributed by atoms with Crippen molar-refractivity contribution < 1.29 is 9.90 Å². The molecule has 0 bridgehead atoms. The highest BCUT2D eigenvalue weighted by atomic mass is 16.2. The summed E-state index contributed by atoms with van der Waals surface area (Å²) in [6.07, 6.45) is 2.96. The molecule has 96 valence electrons. The fourth-order valence-corrected chi connectivity index (χ4v) is 1.34. The molecule has 0 saturated heterocycles. The molecule has 2 aromatic rings. The van der Waals surface area contributed by atoms with Gasteiger partial charge in [-0.1, -0.05) is 17.1 Å². The normalized spacial score (nSPS) is 9.53. The van der Waals surface area contributed by atoms with Crippen molar-refractivity contribution in [2.24, 2.45) is 0 Å². The number of hydrogen-bond donors (Lipinski definition) is 3. The Balaban J connectivity index is 2.10. The zero-order valence-corrected chi connectivity index (χ0v) is 9.79. The lowest BCUT2D eigenvalue weighted by Crippen LogP contribution is -2.24. The molecule has 0 atom stereocenters. The van der Waals surface area contributed by atoms with Crippen molar-refractivity contribution in [2.45, 2.75) is 6.54 Å². The second kappa shape index (κ2) is 6.23. The molecule has 19 heavy (non-hydrogen) atoms. The Bertz CT molecular complexity index is 614. The van der Waals surface area contributed by atoms with Crippen LogP contribution in [0.2, 0.25) is 0 Å². The maximum absolute atomic E-state index is 12.0. The fraction of sp³-hybridized carbons (Fsp3) is 0.182. The summed E-state index contributed by atoms with van der Waals surface area (Å²) in [5, 5.41) is 24.4. The molecule has 0 fully saturated rings. The number of nitrogens with zero attached hydrogens (tertiary/aromatic N) is 4. The molecule has 0 aliphatic rings. The van der Waals surface area contributed by atoms with Crippen molar-refractivity contribution in [1.82, 2.24) is 30.9 Å². The molecule has 8 nitrogen and oxygen atoms in total. The molecular formula is C11H10N6O2. The van der Waals surface area contributed by atoms with Gasteiger partial charge in [0, 0.05) is 12.4 Å².